The van der Waals surface area contributed by atoms with Crippen molar-refractivity contribution in [3.63, 3.8) is 0 Å². The van der Waals surface area contributed by atoms with E-state index in [0.717, 1.165) is 25.7 Å². The molecule has 0 bridgehead atoms. The van der Waals surface area contributed by atoms with Crippen LogP contribution in [0, 0.1) is 0 Å². The van der Waals surface area contributed by atoms with Gasteiger partial charge in [-0.25, -0.2) is 4.79 Å². The van der Waals surface area contributed by atoms with Gasteiger partial charge in [0.2, 0.25) is 5.91 Å². The number of carbonyl (C=O) groups is 2. The van der Waals surface area contributed by atoms with Gasteiger partial charge in [-0.1, -0.05) is 26.2 Å². The number of ether oxygens (including phenoxy) is 1. The van der Waals surface area contributed by atoms with Gasteiger partial charge in [0.1, 0.15) is 0 Å². The fourth-order valence-electron chi connectivity index (χ4n) is 1.25. The molecular formula is C11H21NO4. The van der Waals surface area contributed by atoms with Gasteiger partial charge in [0, 0.05) is 13.5 Å². The largest absolute Gasteiger partial charge is 0.480 e. The molecule has 0 saturated heterocycles. The third kappa shape index (κ3) is 8.23. The van der Waals surface area contributed by atoms with Crippen LogP contribution in [0.2, 0.25) is 0 Å². The topological polar surface area (TPSA) is 75.6 Å². The van der Waals surface area contributed by atoms with Crippen molar-refractivity contribution in [2.75, 3.05) is 13.2 Å². The summed E-state index contributed by atoms with van der Waals surface area (Å²) in [5, 5.41) is 11.1. The maximum absolute atomic E-state index is 10.7. The predicted octanol–water partition coefficient (Wildman–Crippen LogP) is 1.17. The van der Waals surface area contributed by atoms with Gasteiger partial charge in [-0.05, 0) is 6.42 Å². The molecule has 1 unspecified atom stereocenters. The molecule has 1 atom stereocenters. The molecule has 0 rings (SSSR count). The Morgan fingerprint density at radius 3 is 2.50 bits per heavy atom. The van der Waals surface area contributed by atoms with Crippen LogP contribution in [0.3, 0.4) is 0 Å². The summed E-state index contributed by atoms with van der Waals surface area (Å²) in [6, 6.07) is -0.941. The van der Waals surface area contributed by atoms with E-state index in [9.17, 15) is 9.59 Å². The molecule has 0 aromatic rings. The zero-order valence-electron chi connectivity index (χ0n) is 9.99. The van der Waals surface area contributed by atoms with Crippen LogP contribution in [-0.2, 0) is 14.3 Å². The van der Waals surface area contributed by atoms with Crippen molar-refractivity contribution < 1.29 is 19.4 Å². The molecule has 0 aliphatic heterocycles. The Balaban J connectivity index is 3.60. The number of rotatable bonds is 9. The van der Waals surface area contributed by atoms with Gasteiger partial charge in [-0.3, -0.25) is 4.79 Å². The van der Waals surface area contributed by atoms with E-state index >= 15 is 0 Å². The molecule has 16 heavy (non-hydrogen) atoms. The van der Waals surface area contributed by atoms with Gasteiger partial charge in [0.25, 0.3) is 0 Å². The number of amides is 1. The lowest BCUT2D eigenvalue weighted by molar-refractivity contribution is -0.143. The van der Waals surface area contributed by atoms with Gasteiger partial charge < -0.3 is 15.2 Å². The molecule has 0 aromatic carbocycles. The molecule has 0 aliphatic carbocycles. The normalized spacial score (nSPS) is 12.1. The first kappa shape index (κ1) is 14.9. The Morgan fingerprint density at radius 2 is 2.00 bits per heavy atom. The van der Waals surface area contributed by atoms with Gasteiger partial charge in [0.05, 0.1) is 6.61 Å². The van der Waals surface area contributed by atoms with E-state index in [-0.39, 0.29) is 12.5 Å². The van der Waals surface area contributed by atoms with E-state index < -0.39 is 12.0 Å². The van der Waals surface area contributed by atoms with Crippen molar-refractivity contribution in [1.29, 1.82) is 0 Å². The first-order valence-corrected chi connectivity index (χ1v) is 5.65. The Kier molecular flexibility index (Phi) is 8.52. The molecule has 2 N–H and O–H groups in total. The van der Waals surface area contributed by atoms with Crippen molar-refractivity contribution in [2.24, 2.45) is 0 Å². The van der Waals surface area contributed by atoms with Crippen LogP contribution in [0.1, 0.15) is 39.5 Å². The quantitative estimate of drug-likeness (QED) is 0.584. The van der Waals surface area contributed by atoms with Crippen LogP contribution in [0.4, 0.5) is 0 Å². The molecule has 0 spiro atoms. The predicted molar refractivity (Wildman–Crippen MR) is 60.2 cm³/mol. The number of carbonyl (C=O) groups excluding carboxylic acids is 1. The number of hydrogen-bond donors (Lipinski definition) is 2. The lowest BCUT2D eigenvalue weighted by Crippen LogP contribution is -2.43. The molecule has 0 aliphatic rings. The molecule has 5 heteroatoms. The standard InChI is InChI=1S/C11H21NO4/c1-3-4-5-6-7-16-8-10(11(14)15)12-9(2)13/h10H,3-8H2,1-2H3,(H,12,13)(H,14,15). The SMILES string of the molecule is CCCCCCOCC(NC(C)=O)C(=O)O. The van der Waals surface area contributed by atoms with Crippen molar-refractivity contribution >= 4 is 11.9 Å². The van der Waals surface area contributed by atoms with Crippen LogP contribution in [0.25, 0.3) is 0 Å². The number of aliphatic carboxylic acids is 1. The Morgan fingerprint density at radius 1 is 1.31 bits per heavy atom. The summed E-state index contributed by atoms with van der Waals surface area (Å²) in [6.45, 7) is 3.99. The third-order valence-corrected chi connectivity index (χ3v) is 2.10. The van der Waals surface area contributed by atoms with Gasteiger partial charge >= 0.3 is 5.97 Å². The highest BCUT2D eigenvalue weighted by atomic mass is 16.5. The molecular weight excluding hydrogens is 210 g/mol. The Labute approximate surface area is 96.2 Å². The summed E-state index contributed by atoms with van der Waals surface area (Å²) in [5.41, 5.74) is 0. The second-order valence-electron chi connectivity index (χ2n) is 3.73. The summed E-state index contributed by atoms with van der Waals surface area (Å²) in [4.78, 5) is 21.4. The van der Waals surface area contributed by atoms with Gasteiger partial charge in [-0.15, -0.1) is 0 Å². The van der Waals surface area contributed by atoms with Gasteiger partial charge in [0.15, 0.2) is 6.04 Å². The van der Waals surface area contributed by atoms with E-state index in [2.05, 4.69) is 12.2 Å². The number of carboxylic acid groups (broad SMARTS) is 1. The molecule has 94 valence electrons. The van der Waals surface area contributed by atoms with Crippen molar-refractivity contribution in [3.05, 3.63) is 0 Å². The minimum Gasteiger partial charge on any atom is -0.480 e. The monoisotopic (exact) mass is 231 g/mol. The molecule has 0 aromatic heterocycles. The Bertz CT molecular complexity index is 218. The van der Waals surface area contributed by atoms with E-state index in [1.165, 1.54) is 6.92 Å². The lowest BCUT2D eigenvalue weighted by atomic mass is 10.2. The number of unbranched alkanes of at least 4 members (excludes halogenated alkanes) is 3. The van der Waals surface area contributed by atoms with E-state index in [1.54, 1.807) is 0 Å². The minimum absolute atomic E-state index is 0.0288. The van der Waals surface area contributed by atoms with E-state index in [0.29, 0.717) is 6.61 Å². The fraction of sp³-hybridized carbons (Fsp3) is 0.818. The molecule has 0 heterocycles. The summed E-state index contributed by atoms with van der Waals surface area (Å²) in [6.07, 6.45) is 4.34. The Hall–Kier alpha value is -1.10. The second kappa shape index (κ2) is 9.15. The molecule has 0 radical (unpaired) electrons. The first-order valence-electron chi connectivity index (χ1n) is 5.65. The highest BCUT2D eigenvalue weighted by molar-refractivity contribution is 5.82. The summed E-state index contributed by atoms with van der Waals surface area (Å²) < 4.78 is 5.21. The highest BCUT2D eigenvalue weighted by Crippen LogP contribution is 1.99. The summed E-state index contributed by atoms with van der Waals surface area (Å²) in [7, 11) is 0. The van der Waals surface area contributed by atoms with Crippen LogP contribution >= 0.6 is 0 Å². The third-order valence-electron chi connectivity index (χ3n) is 2.10. The number of carboxylic acids is 1. The second-order valence-corrected chi connectivity index (χ2v) is 3.73. The van der Waals surface area contributed by atoms with Gasteiger partial charge in [-0.2, -0.15) is 0 Å². The van der Waals surface area contributed by atoms with Crippen LogP contribution in [0.15, 0.2) is 0 Å². The minimum atomic E-state index is -1.07. The maximum atomic E-state index is 10.7. The lowest BCUT2D eigenvalue weighted by Gasteiger charge is -2.13. The highest BCUT2D eigenvalue weighted by Gasteiger charge is 2.17. The van der Waals surface area contributed by atoms with Crippen LogP contribution in [0.5, 0.6) is 0 Å². The zero-order chi connectivity index (χ0) is 12.4. The molecule has 5 nitrogen and oxygen atoms in total. The molecule has 0 fully saturated rings. The molecule has 1 amide bonds. The summed E-state index contributed by atoms with van der Waals surface area (Å²) >= 11 is 0. The number of nitrogens with one attached hydrogen (secondary N) is 1. The fourth-order valence-corrected chi connectivity index (χ4v) is 1.25. The summed E-state index contributed by atoms with van der Waals surface area (Å²) in [5.74, 6) is -1.43. The average molecular weight is 231 g/mol. The smallest absolute Gasteiger partial charge is 0.328 e. The van der Waals surface area contributed by atoms with Crippen molar-refractivity contribution in [1.82, 2.24) is 5.32 Å². The van der Waals surface area contributed by atoms with Crippen molar-refractivity contribution in [2.45, 2.75) is 45.6 Å². The first-order chi connectivity index (χ1) is 7.57. The average Bonchev–Trinajstić information content (AvgIpc) is 2.20. The number of hydrogen-bond acceptors (Lipinski definition) is 3. The zero-order valence-corrected chi connectivity index (χ0v) is 9.99. The van der Waals surface area contributed by atoms with E-state index in [4.69, 9.17) is 9.84 Å². The molecule has 0 saturated carbocycles. The van der Waals surface area contributed by atoms with Crippen LogP contribution in [-0.4, -0.2) is 36.2 Å². The van der Waals surface area contributed by atoms with Crippen molar-refractivity contribution in [3.8, 4) is 0 Å². The maximum Gasteiger partial charge on any atom is 0.328 e. The van der Waals surface area contributed by atoms with Crippen LogP contribution < -0.4 is 5.32 Å². The van der Waals surface area contributed by atoms with E-state index in [1.807, 2.05) is 0 Å².